The Labute approximate surface area is 106 Å². The fourth-order valence-electron chi connectivity index (χ4n) is 1.03. The molecule has 96 valence electrons. The maximum Gasteiger partial charge on any atom is 0.411 e. The van der Waals surface area contributed by atoms with Gasteiger partial charge in [0.05, 0.1) is 11.6 Å². The Morgan fingerprint density at radius 1 is 1.35 bits per heavy atom. The van der Waals surface area contributed by atoms with Gasteiger partial charge in [0.2, 0.25) is 0 Å². The molecule has 0 spiro atoms. The summed E-state index contributed by atoms with van der Waals surface area (Å²) in [5.74, 6) is 0.402. The van der Waals surface area contributed by atoms with Crippen LogP contribution < -0.4 is 5.73 Å². The van der Waals surface area contributed by atoms with Gasteiger partial charge in [-0.3, -0.25) is 0 Å². The Kier molecular flexibility index (Phi) is 5.42. The second kappa shape index (κ2) is 6.37. The zero-order valence-electron chi connectivity index (χ0n) is 8.76. The van der Waals surface area contributed by atoms with E-state index in [4.69, 9.17) is 17.3 Å². The number of rotatable bonds is 5. The van der Waals surface area contributed by atoms with E-state index in [2.05, 4.69) is 4.74 Å². The van der Waals surface area contributed by atoms with Gasteiger partial charge in [0.15, 0.2) is 0 Å². The molecule has 0 amide bonds. The van der Waals surface area contributed by atoms with Crippen LogP contribution in [0.4, 0.5) is 18.9 Å². The van der Waals surface area contributed by atoms with E-state index in [9.17, 15) is 13.2 Å². The van der Waals surface area contributed by atoms with Gasteiger partial charge in [0, 0.05) is 16.3 Å². The SMILES string of the molecule is Nc1ccc(SCCOCC(F)(F)F)c(Cl)c1. The molecule has 0 aliphatic rings. The quantitative estimate of drug-likeness (QED) is 0.510. The van der Waals surface area contributed by atoms with Crippen molar-refractivity contribution in [2.75, 3.05) is 24.7 Å². The van der Waals surface area contributed by atoms with E-state index in [0.29, 0.717) is 16.5 Å². The smallest absolute Gasteiger partial charge is 0.399 e. The average Bonchev–Trinajstić information content (AvgIpc) is 2.18. The van der Waals surface area contributed by atoms with Crippen molar-refractivity contribution in [1.29, 1.82) is 0 Å². The summed E-state index contributed by atoms with van der Waals surface area (Å²) >= 11 is 7.22. The fourth-order valence-corrected chi connectivity index (χ4v) is 2.17. The van der Waals surface area contributed by atoms with E-state index >= 15 is 0 Å². The molecule has 2 N–H and O–H groups in total. The molecule has 0 aliphatic heterocycles. The maximum atomic E-state index is 11.7. The predicted molar refractivity (Wildman–Crippen MR) is 63.5 cm³/mol. The van der Waals surface area contributed by atoms with Crippen LogP contribution in [0.15, 0.2) is 23.1 Å². The summed E-state index contributed by atoms with van der Waals surface area (Å²) in [6.07, 6.45) is -4.27. The van der Waals surface area contributed by atoms with Gasteiger partial charge >= 0.3 is 6.18 Å². The molecule has 1 rings (SSSR count). The molecule has 7 heteroatoms. The molecule has 0 radical (unpaired) electrons. The number of halogens is 4. The van der Waals surface area contributed by atoms with Crippen LogP contribution in [0.3, 0.4) is 0 Å². The van der Waals surface area contributed by atoms with Crippen LogP contribution in [-0.2, 0) is 4.74 Å². The first-order chi connectivity index (χ1) is 7.88. The number of hydrogen-bond acceptors (Lipinski definition) is 3. The lowest BCUT2D eigenvalue weighted by Crippen LogP contribution is -2.17. The maximum absolute atomic E-state index is 11.7. The number of anilines is 1. The van der Waals surface area contributed by atoms with Crippen LogP contribution in [0, 0.1) is 0 Å². The van der Waals surface area contributed by atoms with Crippen LogP contribution in [0.25, 0.3) is 0 Å². The lowest BCUT2D eigenvalue weighted by Gasteiger charge is -2.08. The highest BCUT2D eigenvalue weighted by atomic mass is 35.5. The van der Waals surface area contributed by atoms with Crippen molar-refractivity contribution >= 4 is 29.1 Å². The van der Waals surface area contributed by atoms with E-state index in [1.54, 1.807) is 18.2 Å². The second-order valence-corrected chi connectivity index (χ2v) is 4.75. The van der Waals surface area contributed by atoms with Crippen LogP contribution >= 0.6 is 23.4 Å². The molecule has 0 saturated carbocycles. The van der Waals surface area contributed by atoms with Gasteiger partial charge < -0.3 is 10.5 Å². The first kappa shape index (κ1) is 14.5. The molecular formula is C10H11ClF3NOS. The van der Waals surface area contributed by atoms with Crippen LogP contribution in [0.5, 0.6) is 0 Å². The van der Waals surface area contributed by atoms with Crippen molar-refractivity contribution in [2.45, 2.75) is 11.1 Å². The first-order valence-electron chi connectivity index (χ1n) is 4.71. The third kappa shape index (κ3) is 6.05. The molecule has 2 nitrogen and oxygen atoms in total. The predicted octanol–water partition coefficient (Wildman–Crippen LogP) is 3.59. The number of nitrogens with two attached hydrogens (primary N) is 1. The molecule has 1 aromatic carbocycles. The fraction of sp³-hybridized carbons (Fsp3) is 0.400. The number of hydrogen-bond donors (Lipinski definition) is 1. The Morgan fingerprint density at radius 2 is 2.06 bits per heavy atom. The van der Waals surface area contributed by atoms with Gasteiger partial charge in [-0.15, -0.1) is 11.8 Å². The van der Waals surface area contributed by atoms with Crippen LogP contribution in [0.2, 0.25) is 5.02 Å². The van der Waals surface area contributed by atoms with Crippen molar-refractivity contribution in [3.8, 4) is 0 Å². The minimum Gasteiger partial charge on any atom is -0.399 e. The third-order valence-corrected chi connectivity index (χ3v) is 3.17. The molecule has 1 aromatic rings. The van der Waals surface area contributed by atoms with E-state index in [1.807, 2.05) is 0 Å². The minimum atomic E-state index is -4.27. The lowest BCUT2D eigenvalue weighted by atomic mass is 10.3. The highest BCUT2D eigenvalue weighted by molar-refractivity contribution is 7.99. The minimum absolute atomic E-state index is 0.0187. The van der Waals surface area contributed by atoms with E-state index in [-0.39, 0.29) is 6.61 Å². The monoisotopic (exact) mass is 285 g/mol. The molecule has 0 unspecified atom stereocenters. The second-order valence-electron chi connectivity index (χ2n) is 3.21. The number of nitrogen functional groups attached to an aromatic ring is 1. The van der Waals surface area contributed by atoms with E-state index < -0.39 is 12.8 Å². The highest BCUT2D eigenvalue weighted by Crippen LogP contribution is 2.28. The Hall–Kier alpha value is -0.590. The lowest BCUT2D eigenvalue weighted by molar-refractivity contribution is -0.172. The van der Waals surface area contributed by atoms with Gasteiger partial charge in [-0.1, -0.05) is 11.6 Å². The van der Waals surface area contributed by atoms with Gasteiger partial charge in [0.1, 0.15) is 6.61 Å². The van der Waals surface area contributed by atoms with Crippen molar-refractivity contribution < 1.29 is 17.9 Å². The molecular weight excluding hydrogens is 275 g/mol. The van der Waals surface area contributed by atoms with Crippen molar-refractivity contribution in [3.05, 3.63) is 23.2 Å². The summed E-state index contributed by atoms with van der Waals surface area (Å²) in [5, 5.41) is 0.492. The van der Waals surface area contributed by atoms with Gasteiger partial charge in [-0.25, -0.2) is 0 Å². The summed E-state index contributed by atoms with van der Waals surface area (Å²) in [4.78, 5) is 0.775. The zero-order valence-corrected chi connectivity index (χ0v) is 10.3. The number of alkyl halides is 3. The van der Waals surface area contributed by atoms with E-state index in [0.717, 1.165) is 4.90 Å². The van der Waals surface area contributed by atoms with Gasteiger partial charge in [-0.2, -0.15) is 13.2 Å². The van der Waals surface area contributed by atoms with Crippen LogP contribution in [-0.4, -0.2) is 25.1 Å². The largest absolute Gasteiger partial charge is 0.411 e. The van der Waals surface area contributed by atoms with Crippen LogP contribution in [0.1, 0.15) is 0 Å². The molecule has 0 bridgehead atoms. The summed E-state index contributed by atoms with van der Waals surface area (Å²) in [6.45, 7) is -1.20. The Balaban J connectivity index is 2.27. The van der Waals surface area contributed by atoms with Crippen molar-refractivity contribution in [1.82, 2.24) is 0 Å². The van der Waals surface area contributed by atoms with Crippen molar-refractivity contribution in [3.63, 3.8) is 0 Å². The molecule has 17 heavy (non-hydrogen) atoms. The molecule has 0 fully saturated rings. The average molecular weight is 286 g/mol. The molecule has 0 heterocycles. The first-order valence-corrected chi connectivity index (χ1v) is 6.07. The Morgan fingerprint density at radius 3 is 2.65 bits per heavy atom. The molecule has 0 atom stereocenters. The summed E-state index contributed by atoms with van der Waals surface area (Å²) in [7, 11) is 0. The number of thioether (sulfide) groups is 1. The summed E-state index contributed by atoms with van der Waals surface area (Å²) in [6, 6.07) is 5.01. The van der Waals surface area contributed by atoms with Crippen molar-refractivity contribution in [2.24, 2.45) is 0 Å². The zero-order chi connectivity index (χ0) is 12.9. The van der Waals surface area contributed by atoms with Gasteiger partial charge in [-0.05, 0) is 18.2 Å². The van der Waals surface area contributed by atoms with E-state index in [1.165, 1.54) is 11.8 Å². The molecule has 0 aromatic heterocycles. The Bertz CT molecular complexity index is 373. The molecule has 0 aliphatic carbocycles. The van der Waals surface area contributed by atoms with Gasteiger partial charge in [0.25, 0.3) is 0 Å². The standard InChI is InChI=1S/C10H11ClF3NOS/c11-8-5-7(15)1-2-9(8)17-4-3-16-6-10(12,13)14/h1-2,5H,3-4,6,15H2. The highest BCUT2D eigenvalue weighted by Gasteiger charge is 2.27. The summed E-state index contributed by atoms with van der Waals surface area (Å²) < 4.78 is 39.7. The topological polar surface area (TPSA) is 35.2 Å². The normalized spacial score (nSPS) is 11.8. The number of ether oxygens (including phenoxy) is 1. The third-order valence-electron chi connectivity index (χ3n) is 1.71. The molecule has 0 saturated heterocycles. The number of benzene rings is 1. The summed E-state index contributed by atoms with van der Waals surface area (Å²) in [5.41, 5.74) is 6.06.